The molecule has 0 radical (unpaired) electrons. The van der Waals surface area contributed by atoms with Crippen LogP contribution >= 0.6 is 0 Å². The third-order valence-electron chi connectivity index (χ3n) is 2.74. The van der Waals surface area contributed by atoms with Gasteiger partial charge >= 0.3 is 0 Å². The van der Waals surface area contributed by atoms with Crippen LogP contribution in [0.3, 0.4) is 0 Å². The van der Waals surface area contributed by atoms with Crippen molar-refractivity contribution in [1.82, 2.24) is 9.88 Å². The fourth-order valence-corrected chi connectivity index (χ4v) is 1.50. The molecule has 0 spiro atoms. The molecule has 5 heteroatoms. The number of pyridine rings is 1. The van der Waals surface area contributed by atoms with Gasteiger partial charge < -0.3 is 15.3 Å². The summed E-state index contributed by atoms with van der Waals surface area (Å²) < 4.78 is 0. The third-order valence-corrected chi connectivity index (χ3v) is 2.74. The standard InChI is InChI=1S/C13H21N3O2/c1-9(2)12(8-17)15-10-5-6-14-11(7-10)13(18)16(3)4/h5-7,9,12,17H,8H2,1-4H3,(H,14,15)/t12-/m1/s1. The van der Waals surface area contributed by atoms with Crippen LogP contribution in [0, 0.1) is 5.92 Å². The SMILES string of the molecule is CC(C)[C@@H](CO)Nc1ccnc(C(=O)N(C)C)c1. The summed E-state index contributed by atoms with van der Waals surface area (Å²) in [5.74, 6) is 0.167. The Morgan fingerprint density at radius 2 is 2.17 bits per heavy atom. The lowest BCUT2D eigenvalue weighted by atomic mass is 10.1. The maximum atomic E-state index is 11.8. The lowest BCUT2D eigenvalue weighted by Gasteiger charge is -2.21. The van der Waals surface area contributed by atoms with Gasteiger partial charge in [-0.25, -0.2) is 0 Å². The van der Waals surface area contributed by atoms with E-state index in [4.69, 9.17) is 0 Å². The predicted molar refractivity (Wildman–Crippen MR) is 71.6 cm³/mol. The number of rotatable bonds is 5. The van der Waals surface area contributed by atoms with Crippen LogP contribution in [0.15, 0.2) is 18.3 Å². The number of hydrogen-bond donors (Lipinski definition) is 2. The molecular weight excluding hydrogens is 230 g/mol. The van der Waals surface area contributed by atoms with E-state index in [1.807, 2.05) is 13.8 Å². The molecule has 5 nitrogen and oxygen atoms in total. The van der Waals surface area contributed by atoms with Gasteiger partial charge in [0.05, 0.1) is 12.6 Å². The van der Waals surface area contributed by atoms with Crippen LogP contribution in [-0.2, 0) is 0 Å². The number of amides is 1. The number of aromatic nitrogens is 1. The number of anilines is 1. The summed E-state index contributed by atoms with van der Waals surface area (Å²) >= 11 is 0. The Hall–Kier alpha value is -1.62. The Balaban J connectivity index is 2.85. The minimum absolute atomic E-state index is 0.0327. The van der Waals surface area contributed by atoms with Gasteiger partial charge in [0.2, 0.25) is 0 Å². The first-order valence-electron chi connectivity index (χ1n) is 6.00. The lowest BCUT2D eigenvalue weighted by molar-refractivity contribution is 0.0822. The van der Waals surface area contributed by atoms with E-state index in [1.165, 1.54) is 4.90 Å². The van der Waals surface area contributed by atoms with Gasteiger partial charge in [-0.15, -0.1) is 0 Å². The molecule has 18 heavy (non-hydrogen) atoms. The molecule has 1 heterocycles. The Morgan fingerprint density at radius 1 is 1.50 bits per heavy atom. The van der Waals surface area contributed by atoms with E-state index in [9.17, 15) is 9.90 Å². The van der Waals surface area contributed by atoms with Gasteiger partial charge in [0.25, 0.3) is 5.91 Å². The minimum atomic E-state index is -0.135. The van der Waals surface area contributed by atoms with Crippen molar-refractivity contribution in [3.63, 3.8) is 0 Å². The molecule has 1 atom stereocenters. The summed E-state index contributed by atoms with van der Waals surface area (Å²) in [6.07, 6.45) is 1.59. The maximum absolute atomic E-state index is 11.8. The molecule has 1 amide bonds. The Kier molecular flexibility index (Phi) is 5.09. The Labute approximate surface area is 108 Å². The summed E-state index contributed by atoms with van der Waals surface area (Å²) in [4.78, 5) is 17.3. The molecule has 0 aliphatic rings. The molecule has 0 fully saturated rings. The van der Waals surface area contributed by atoms with Crippen molar-refractivity contribution in [2.24, 2.45) is 5.92 Å². The summed E-state index contributed by atoms with van der Waals surface area (Å²) in [7, 11) is 3.38. The highest BCUT2D eigenvalue weighted by molar-refractivity contribution is 5.92. The van der Waals surface area contributed by atoms with Gasteiger partial charge in [0.15, 0.2) is 0 Å². The Bertz CT molecular complexity index is 405. The molecule has 1 aromatic heterocycles. The van der Waals surface area contributed by atoms with Crippen molar-refractivity contribution in [2.75, 3.05) is 26.0 Å². The highest BCUT2D eigenvalue weighted by atomic mass is 16.3. The van der Waals surface area contributed by atoms with E-state index in [0.29, 0.717) is 11.6 Å². The van der Waals surface area contributed by atoms with Gasteiger partial charge in [-0.1, -0.05) is 13.8 Å². The van der Waals surface area contributed by atoms with Gasteiger partial charge in [-0.2, -0.15) is 0 Å². The van der Waals surface area contributed by atoms with Crippen molar-refractivity contribution in [1.29, 1.82) is 0 Å². The van der Waals surface area contributed by atoms with Gasteiger partial charge in [0.1, 0.15) is 5.69 Å². The highest BCUT2D eigenvalue weighted by Gasteiger charge is 2.14. The van der Waals surface area contributed by atoms with Crippen LogP contribution in [0.2, 0.25) is 0 Å². The molecule has 100 valence electrons. The molecule has 1 rings (SSSR count). The fourth-order valence-electron chi connectivity index (χ4n) is 1.50. The second-order valence-corrected chi connectivity index (χ2v) is 4.81. The van der Waals surface area contributed by atoms with Crippen LogP contribution in [-0.4, -0.2) is 47.6 Å². The van der Waals surface area contributed by atoms with Crippen molar-refractivity contribution in [3.05, 3.63) is 24.0 Å². The maximum Gasteiger partial charge on any atom is 0.272 e. The summed E-state index contributed by atoms with van der Waals surface area (Å²) in [5.41, 5.74) is 1.19. The van der Waals surface area contributed by atoms with E-state index >= 15 is 0 Å². The molecule has 1 aromatic rings. The molecule has 0 saturated carbocycles. The molecule has 0 aliphatic carbocycles. The van der Waals surface area contributed by atoms with E-state index < -0.39 is 0 Å². The van der Waals surface area contributed by atoms with Gasteiger partial charge in [-0.3, -0.25) is 9.78 Å². The second-order valence-electron chi connectivity index (χ2n) is 4.81. The number of nitrogens with one attached hydrogen (secondary N) is 1. The summed E-state index contributed by atoms with van der Waals surface area (Å²) in [5, 5.41) is 12.5. The number of nitrogens with zero attached hydrogens (tertiary/aromatic N) is 2. The first kappa shape index (κ1) is 14.4. The molecule has 0 bridgehead atoms. The van der Waals surface area contributed by atoms with Crippen LogP contribution in [0.25, 0.3) is 0 Å². The predicted octanol–water partition coefficient (Wildman–Crippen LogP) is 1.21. The summed E-state index contributed by atoms with van der Waals surface area (Å²) in [6, 6.07) is 3.46. The molecule has 0 unspecified atom stereocenters. The van der Waals surface area contributed by atoms with E-state index in [1.54, 1.807) is 32.4 Å². The van der Waals surface area contributed by atoms with Crippen molar-refractivity contribution in [2.45, 2.75) is 19.9 Å². The third kappa shape index (κ3) is 3.70. The number of hydrogen-bond acceptors (Lipinski definition) is 4. The zero-order valence-corrected chi connectivity index (χ0v) is 11.3. The topological polar surface area (TPSA) is 65.5 Å². The molecule has 0 aliphatic heterocycles. The first-order valence-corrected chi connectivity index (χ1v) is 6.00. The highest BCUT2D eigenvalue weighted by Crippen LogP contribution is 2.13. The smallest absolute Gasteiger partial charge is 0.272 e. The lowest BCUT2D eigenvalue weighted by Crippen LogP contribution is -2.29. The monoisotopic (exact) mass is 251 g/mol. The number of carbonyl (C=O) groups is 1. The second kappa shape index (κ2) is 6.35. The van der Waals surface area contributed by atoms with Crippen molar-refractivity contribution in [3.8, 4) is 0 Å². The van der Waals surface area contributed by atoms with Crippen molar-refractivity contribution < 1.29 is 9.90 Å². The normalized spacial score (nSPS) is 12.3. The average Bonchev–Trinajstić information content (AvgIpc) is 2.34. The minimum Gasteiger partial charge on any atom is -0.394 e. The first-order chi connectivity index (χ1) is 8.45. The number of aliphatic hydroxyl groups excluding tert-OH is 1. The molecule has 0 saturated heterocycles. The van der Waals surface area contributed by atoms with Gasteiger partial charge in [-0.05, 0) is 18.1 Å². The van der Waals surface area contributed by atoms with Crippen LogP contribution < -0.4 is 5.32 Å². The van der Waals surface area contributed by atoms with E-state index in [-0.39, 0.29) is 18.6 Å². The zero-order chi connectivity index (χ0) is 13.7. The molecule has 2 N–H and O–H groups in total. The van der Waals surface area contributed by atoms with Crippen molar-refractivity contribution >= 4 is 11.6 Å². The fraction of sp³-hybridized carbons (Fsp3) is 0.538. The number of aliphatic hydroxyl groups is 1. The average molecular weight is 251 g/mol. The van der Waals surface area contributed by atoms with Crippen LogP contribution in [0.1, 0.15) is 24.3 Å². The van der Waals surface area contributed by atoms with E-state index in [0.717, 1.165) is 5.69 Å². The van der Waals surface area contributed by atoms with E-state index in [2.05, 4.69) is 10.3 Å². The quantitative estimate of drug-likeness (QED) is 0.825. The number of carbonyl (C=O) groups excluding carboxylic acids is 1. The Morgan fingerprint density at radius 3 is 2.67 bits per heavy atom. The van der Waals surface area contributed by atoms with Gasteiger partial charge in [0, 0.05) is 26.0 Å². The van der Waals surface area contributed by atoms with Crippen LogP contribution in [0.4, 0.5) is 5.69 Å². The summed E-state index contributed by atoms with van der Waals surface area (Å²) in [6.45, 7) is 4.11. The van der Waals surface area contributed by atoms with Crippen LogP contribution in [0.5, 0.6) is 0 Å². The molecule has 0 aromatic carbocycles. The molecular formula is C13H21N3O2. The largest absolute Gasteiger partial charge is 0.394 e. The zero-order valence-electron chi connectivity index (χ0n) is 11.3.